The number of nitrogens with zero attached hydrogens (tertiary/aromatic N) is 7. The summed E-state index contributed by atoms with van der Waals surface area (Å²) in [5.41, 5.74) is 2.29. The van der Waals surface area contributed by atoms with E-state index in [-0.39, 0.29) is 5.91 Å². The van der Waals surface area contributed by atoms with Gasteiger partial charge in [-0.1, -0.05) is 12.1 Å². The lowest BCUT2D eigenvalue weighted by Crippen LogP contribution is -2.36. The zero-order valence-corrected chi connectivity index (χ0v) is 15.9. The number of hydroxylamine groups is 1. The number of rotatable bonds is 4. The maximum absolute atomic E-state index is 13.2. The highest BCUT2D eigenvalue weighted by Crippen LogP contribution is 2.39. The molecule has 1 amide bonds. The van der Waals surface area contributed by atoms with Crippen LogP contribution in [0.5, 0.6) is 0 Å². The second-order valence-electron chi connectivity index (χ2n) is 7.14. The smallest absolute Gasteiger partial charge is 0.256 e. The van der Waals surface area contributed by atoms with Crippen LogP contribution in [0.15, 0.2) is 49.1 Å². The minimum Gasteiger partial charge on any atom is -0.334 e. The summed E-state index contributed by atoms with van der Waals surface area (Å²) in [5, 5.41) is 10.1. The number of amides is 1. The van der Waals surface area contributed by atoms with Gasteiger partial charge in [-0.2, -0.15) is 15.0 Å². The van der Waals surface area contributed by atoms with E-state index in [1.165, 1.54) is 17.6 Å². The fourth-order valence-electron chi connectivity index (χ4n) is 3.47. The van der Waals surface area contributed by atoms with Crippen LogP contribution in [0.3, 0.4) is 0 Å². The molecule has 1 aromatic carbocycles. The third kappa shape index (κ3) is 3.68. The minimum absolute atomic E-state index is 0.0651. The Balaban J connectivity index is 1.32. The van der Waals surface area contributed by atoms with Crippen molar-refractivity contribution in [2.75, 3.05) is 31.3 Å². The fourth-order valence-corrected chi connectivity index (χ4v) is 3.47. The molecule has 29 heavy (non-hydrogen) atoms. The number of hydrogen-bond acceptors (Lipinski definition) is 7. The Labute approximate surface area is 167 Å². The van der Waals surface area contributed by atoms with Crippen LogP contribution in [0, 0.1) is 0 Å². The van der Waals surface area contributed by atoms with Crippen LogP contribution < -0.4 is 5.06 Å². The molecule has 2 aliphatic rings. The predicted molar refractivity (Wildman–Crippen MR) is 105 cm³/mol. The van der Waals surface area contributed by atoms with Crippen molar-refractivity contribution in [1.82, 2.24) is 29.9 Å². The van der Waals surface area contributed by atoms with Crippen molar-refractivity contribution in [2.24, 2.45) is 0 Å². The van der Waals surface area contributed by atoms with Crippen LogP contribution in [0.4, 0.5) is 5.82 Å². The molecule has 0 bridgehead atoms. The van der Waals surface area contributed by atoms with Gasteiger partial charge in [0.05, 0.1) is 36.8 Å². The van der Waals surface area contributed by atoms with Gasteiger partial charge in [-0.15, -0.1) is 0 Å². The van der Waals surface area contributed by atoms with Crippen molar-refractivity contribution in [3.63, 3.8) is 0 Å². The number of carbonyl (C=O) groups is 1. The SMILES string of the molecule is O=C(c1ccccc1-n1nccn1)N1CCON(c2cc(C3CC3)ncn2)CC1. The monoisotopic (exact) mass is 391 g/mol. The molecule has 0 N–H and O–H groups in total. The average molecular weight is 391 g/mol. The molecule has 9 nitrogen and oxygen atoms in total. The summed E-state index contributed by atoms with van der Waals surface area (Å²) in [6.07, 6.45) is 7.15. The van der Waals surface area contributed by atoms with E-state index in [2.05, 4.69) is 20.2 Å². The first-order valence-electron chi connectivity index (χ1n) is 9.77. The lowest BCUT2D eigenvalue weighted by atomic mass is 10.1. The first-order chi connectivity index (χ1) is 14.3. The molecule has 148 valence electrons. The van der Waals surface area contributed by atoms with Gasteiger partial charge in [0, 0.05) is 30.8 Å². The molecule has 5 rings (SSSR count). The molecule has 0 radical (unpaired) electrons. The van der Waals surface area contributed by atoms with Gasteiger partial charge < -0.3 is 4.90 Å². The topological polar surface area (TPSA) is 89.3 Å². The molecular weight excluding hydrogens is 370 g/mol. The van der Waals surface area contributed by atoms with Gasteiger partial charge in [-0.25, -0.2) is 15.0 Å². The highest BCUT2D eigenvalue weighted by molar-refractivity contribution is 5.97. The van der Waals surface area contributed by atoms with Crippen molar-refractivity contribution in [3.8, 4) is 5.69 Å². The second-order valence-corrected chi connectivity index (χ2v) is 7.14. The largest absolute Gasteiger partial charge is 0.334 e. The van der Waals surface area contributed by atoms with E-state index in [4.69, 9.17) is 4.84 Å². The van der Waals surface area contributed by atoms with Crippen LogP contribution >= 0.6 is 0 Å². The molecule has 0 unspecified atom stereocenters. The summed E-state index contributed by atoms with van der Waals surface area (Å²) < 4.78 is 0. The Kier molecular flexibility index (Phi) is 4.65. The summed E-state index contributed by atoms with van der Waals surface area (Å²) in [5.74, 6) is 1.23. The van der Waals surface area contributed by atoms with E-state index < -0.39 is 0 Å². The summed E-state index contributed by atoms with van der Waals surface area (Å²) in [4.78, 5) is 31.1. The van der Waals surface area contributed by atoms with Crippen molar-refractivity contribution >= 4 is 11.7 Å². The molecule has 3 aromatic rings. The minimum atomic E-state index is -0.0651. The normalized spacial score (nSPS) is 17.2. The highest BCUT2D eigenvalue weighted by Gasteiger charge is 2.27. The number of carbonyl (C=O) groups excluding carboxylic acids is 1. The molecule has 1 saturated carbocycles. The molecule has 2 fully saturated rings. The van der Waals surface area contributed by atoms with Crippen molar-refractivity contribution in [3.05, 3.63) is 60.3 Å². The van der Waals surface area contributed by atoms with Gasteiger partial charge in [0.1, 0.15) is 6.33 Å². The number of aromatic nitrogens is 5. The maximum Gasteiger partial charge on any atom is 0.256 e. The van der Waals surface area contributed by atoms with Gasteiger partial charge >= 0.3 is 0 Å². The lowest BCUT2D eigenvalue weighted by molar-refractivity contribution is 0.0730. The van der Waals surface area contributed by atoms with Gasteiger partial charge in [0.25, 0.3) is 5.91 Å². The quantitative estimate of drug-likeness (QED) is 0.670. The molecule has 3 heterocycles. The molecule has 9 heteroatoms. The Bertz CT molecular complexity index is 1000. The van der Waals surface area contributed by atoms with Crippen LogP contribution in [-0.2, 0) is 4.84 Å². The number of anilines is 1. The van der Waals surface area contributed by atoms with Crippen LogP contribution in [0.1, 0.15) is 34.8 Å². The third-order valence-electron chi connectivity index (χ3n) is 5.16. The Morgan fingerprint density at radius 1 is 1.03 bits per heavy atom. The molecule has 1 saturated heterocycles. The van der Waals surface area contributed by atoms with Gasteiger partial charge in [0.2, 0.25) is 0 Å². The first-order valence-corrected chi connectivity index (χ1v) is 9.77. The summed E-state index contributed by atoms with van der Waals surface area (Å²) in [7, 11) is 0. The van der Waals surface area contributed by atoms with E-state index in [1.54, 1.807) is 34.8 Å². The fraction of sp³-hybridized carbons (Fsp3) is 0.350. The number of para-hydroxylation sites is 1. The number of hydrogen-bond donors (Lipinski definition) is 0. The zero-order chi connectivity index (χ0) is 19.6. The van der Waals surface area contributed by atoms with E-state index in [9.17, 15) is 4.79 Å². The molecule has 1 aliphatic carbocycles. The Morgan fingerprint density at radius 3 is 2.69 bits per heavy atom. The molecule has 1 aliphatic heterocycles. The van der Waals surface area contributed by atoms with Gasteiger partial charge in [-0.05, 0) is 25.0 Å². The maximum atomic E-state index is 13.2. The predicted octanol–water partition coefficient (Wildman–Crippen LogP) is 1.83. The van der Waals surface area contributed by atoms with Crippen LogP contribution in [0.25, 0.3) is 5.69 Å². The average Bonchev–Trinajstić information content (AvgIpc) is 3.53. The van der Waals surface area contributed by atoms with E-state index in [0.717, 1.165) is 11.5 Å². The van der Waals surface area contributed by atoms with Gasteiger partial charge in [-0.3, -0.25) is 9.63 Å². The number of benzene rings is 1. The standard InChI is InChI=1S/C20H21N7O2/c28-20(16-3-1-2-4-18(16)27-23-7-8-24-27)25-9-10-26(29-12-11-25)19-13-17(15-5-6-15)21-14-22-19/h1-4,7-8,13-15H,5-6,9-12H2. The summed E-state index contributed by atoms with van der Waals surface area (Å²) >= 11 is 0. The zero-order valence-electron chi connectivity index (χ0n) is 15.9. The van der Waals surface area contributed by atoms with Crippen LogP contribution in [0.2, 0.25) is 0 Å². The third-order valence-corrected chi connectivity index (χ3v) is 5.16. The lowest BCUT2D eigenvalue weighted by Gasteiger charge is -2.22. The Hall–Kier alpha value is -3.33. The highest BCUT2D eigenvalue weighted by atomic mass is 16.7. The van der Waals surface area contributed by atoms with Crippen molar-refractivity contribution in [2.45, 2.75) is 18.8 Å². The van der Waals surface area contributed by atoms with Crippen molar-refractivity contribution < 1.29 is 9.63 Å². The first kappa shape index (κ1) is 17.7. The van der Waals surface area contributed by atoms with E-state index in [1.807, 2.05) is 24.3 Å². The van der Waals surface area contributed by atoms with Gasteiger partial charge in [0.15, 0.2) is 5.82 Å². The molecular formula is C20H21N7O2. The molecule has 0 atom stereocenters. The van der Waals surface area contributed by atoms with Crippen molar-refractivity contribution in [1.29, 1.82) is 0 Å². The summed E-state index contributed by atoms with van der Waals surface area (Å²) in [6.45, 7) is 1.96. The molecule has 2 aromatic heterocycles. The van der Waals surface area contributed by atoms with E-state index in [0.29, 0.717) is 43.4 Å². The molecule has 0 spiro atoms. The second kappa shape index (κ2) is 7.59. The van der Waals surface area contributed by atoms with Crippen LogP contribution in [-0.4, -0.2) is 62.0 Å². The Morgan fingerprint density at radius 2 is 1.86 bits per heavy atom. The summed E-state index contributed by atoms with van der Waals surface area (Å²) in [6, 6.07) is 9.36. The van der Waals surface area contributed by atoms with E-state index >= 15 is 0 Å².